The van der Waals surface area contributed by atoms with E-state index in [4.69, 9.17) is 5.21 Å². The van der Waals surface area contributed by atoms with E-state index in [2.05, 4.69) is 17.1 Å². The molecule has 0 heterocycles. The van der Waals surface area contributed by atoms with E-state index in [-0.39, 0.29) is 0 Å². The lowest BCUT2D eigenvalue weighted by atomic mass is 10.0. The molecule has 0 saturated heterocycles. The number of para-hydroxylation sites is 1. The Kier molecular flexibility index (Phi) is 3.89. The summed E-state index contributed by atoms with van der Waals surface area (Å²) >= 11 is 0. The zero-order chi connectivity index (χ0) is 11.9. The van der Waals surface area contributed by atoms with Gasteiger partial charge in [-0.25, -0.2) is 4.99 Å². The summed E-state index contributed by atoms with van der Waals surface area (Å²) in [6.07, 6.45) is 2.10. The Morgan fingerprint density at radius 3 is 2.47 bits per heavy atom. The van der Waals surface area contributed by atoms with E-state index >= 15 is 0 Å². The van der Waals surface area contributed by atoms with Gasteiger partial charge in [0.1, 0.15) is 6.34 Å². The summed E-state index contributed by atoms with van der Waals surface area (Å²) in [7, 11) is 0. The molecule has 0 amide bonds. The summed E-state index contributed by atoms with van der Waals surface area (Å²) < 4.78 is 0. The molecule has 0 atom stereocenters. The van der Waals surface area contributed by atoms with Crippen LogP contribution >= 0.6 is 0 Å². The molecule has 0 aliphatic rings. The Labute approximate surface area is 100 Å². The van der Waals surface area contributed by atoms with Gasteiger partial charge in [0.25, 0.3) is 0 Å². The maximum Gasteiger partial charge on any atom is 0.113 e. The highest BCUT2D eigenvalue weighted by Gasteiger charge is 2.00. The van der Waals surface area contributed by atoms with Gasteiger partial charge in [0, 0.05) is 0 Å². The highest BCUT2D eigenvalue weighted by Crippen LogP contribution is 2.21. The molecule has 0 aromatic heterocycles. The smallest absolute Gasteiger partial charge is 0.113 e. The molecule has 0 aliphatic heterocycles. The number of hydroxylamine groups is 1. The predicted molar refractivity (Wildman–Crippen MR) is 68.8 cm³/mol. The summed E-state index contributed by atoms with van der Waals surface area (Å²) in [4.78, 5) is 4.13. The van der Waals surface area contributed by atoms with Crippen LogP contribution in [0.25, 0.3) is 0 Å². The quantitative estimate of drug-likeness (QED) is 0.478. The Morgan fingerprint density at radius 2 is 1.71 bits per heavy atom. The van der Waals surface area contributed by atoms with E-state index in [9.17, 15) is 0 Å². The number of rotatable bonds is 4. The van der Waals surface area contributed by atoms with E-state index in [1.54, 1.807) is 0 Å². The lowest BCUT2D eigenvalue weighted by Gasteiger charge is -2.05. The van der Waals surface area contributed by atoms with E-state index in [1.807, 2.05) is 47.9 Å². The van der Waals surface area contributed by atoms with Crippen molar-refractivity contribution in [1.29, 1.82) is 0 Å². The van der Waals surface area contributed by atoms with Gasteiger partial charge >= 0.3 is 0 Å². The van der Waals surface area contributed by atoms with Crippen molar-refractivity contribution >= 4 is 12.0 Å². The maximum absolute atomic E-state index is 8.51. The minimum absolute atomic E-state index is 0.833. The summed E-state index contributed by atoms with van der Waals surface area (Å²) in [5, 5.41) is 8.51. The monoisotopic (exact) mass is 226 g/mol. The number of nitrogens with zero attached hydrogens (tertiary/aromatic N) is 1. The third-order valence-corrected chi connectivity index (χ3v) is 2.49. The molecule has 2 N–H and O–H groups in total. The zero-order valence-electron chi connectivity index (χ0n) is 9.38. The van der Waals surface area contributed by atoms with Crippen LogP contribution in [0.1, 0.15) is 11.1 Å². The molecule has 0 unspecified atom stereocenters. The second-order valence-electron chi connectivity index (χ2n) is 3.68. The first-order valence-electron chi connectivity index (χ1n) is 5.44. The number of nitrogens with one attached hydrogen (secondary N) is 1. The fourth-order valence-electron chi connectivity index (χ4n) is 1.70. The van der Waals surface area contributed by atoms with Crippen molar-refractivity contribution < 1.29 is 5.21 Å². The number of aliphatic imine (C=N–C) groups is 1. The van der Waals surface area contributed by atoms with Gasteiger partial charge in [0.2, 0.25) is 0 Å². The van der Waals surface area contributed by atoms with E-state index in [0.29, 0.717) is 0 Å². The van der Waals surface area contributed by atoms with Crippen molar-refractivity contribution in [2.45, 2.75) is 6.42 Å². The SMILES string of the molecule is ONC=Nc1ccccc1Cc1ccccc1. The average molecular weight is 226 g/mol. The molecule has 2 aromatic carbocycles. The van der Waals surface area contributed by atoms with Crippen LogP contribution in [0.4, 0.5) is 5.69 Å². The molecule has 0 spiro atoms. The van der Waals surface area contributed by atoms with Crippen molar-refractivity contribution in [1.82, 2.24) is 5.48 Å². The highest BCUT2D eigenvalue weighted by molar-refractivity contribution is 5.62. The van der Waals surface area contributed by atoms with E-state index < -0.39 is 0 Å². The summed E-state index contributed by atoms with van der Waals surface area (Å²) in [6, 6.07) is 18.1. The lowest BCUT2D eigenvalue weighted by Crippen LogP contribution is -2.01. The minimum Gasteiger partial charge on any atom is -0.290 e. The molecule has 0 fully saturated rings. The summed E-state index contributed by atoms with van der Waals surface area (Å²) in [6.45, 7) is 0. The summed E-state index contributed by atoms with van der Waals surface area (Å²) in [5.41, 5.74) is 5.15. The Balaban J connectivity index is 2.23. The zero-order valence-corrected chi connectivity index (χ0v) is 9.38. The van der Waals surface area contributed by atoms with Crippen LogP contribution in [0.5, 0.6) is 0 Å². The third-order valence-electron chi connectivity index (χ3n) is 2.49. The molecule has 0 bridgehead atoms. The Hall–Kier alpha value is -2.13. The molecule has 0 saturated carbocycles. The van der Waals surface area contributed by atoms with E-state index in [1.165, 1.54) is 11.9 Å². The van der Waals surface area contributed by atoms with Crippen LogP contribution in [-0.4, -0.2) is 11.5 Å². The molecule has 0 radical (unpaired) electrons. The van der Waals surface area contributed by atoms with Crippen molar-refractivity contribution in [2.75, 3.05) is 0 Å². The maximum atomic E-state index is 8.51. The molecule has 3 heteroatoms. The number of hydrogen-bond acceptors (Lipinski definition) is 2. The first-order chi connectivity index (χ1) is 8.40. The van der Waals surface area contributed by atoms with Crippen LogP contribution in [0.2, 0.25) is 0 Å². The number of benzene rings is 2. The second-order valence-corrected chi connectivity index (χ2v) is 3.68. The predicted octanol–water partition coefficient (Wildman–Crippen LogP) is 2.92. The summed E-state index contributed by atoms with van der Waals surface area (Å²) in [5.74, 6) is 0. The standard InChI is InChI=1S/C14H14N2O/c17-16-11-15-14-9-5-4-8-13(14)10-12-6-2-1-3-7-12/h1-9,11,17H,10H2,(H,15,16). The van der Waals surface area contributed by atoms with Crippen LogP contribution in [-0.2, 0) is 6.42 Å². The van der Waals surface area contributed by atoms with Gasteiger partial charge in [0.05, 0.1) is 5.69 Å². The molecule has 0 aliphatic carbocycles. The van der Waals surface area contributed by atoms with Gasteiger partial charge in [-0.15, -0.1) is 0 Å². The van der Waals surface area contributed by atoms with Crippen LogP contribution in [0, 0.1) is 0 Å². The minimum atomic E-state index is 0.833. The highest BCUT2D eigenvalue weighted by atomic mass is 16.5. The fourth-order valence-corrected chi connectivity index (χ4v) is 1.70. The fraction of sp³-hybridized carbons (Fsp3) is 0.0714. The van der Waals surface area contributed by atoms with Crippen LogP contribution in [0.15, 0.2) is 59.6 Å². The Morgan fingerprint density at radius 1 is 1.00 bits per heavy atom. The molecule has 3 nitrogen and oxygen atoms in total. The van der Waals surface area contributed by atoms with Crippen molar-refractivity contribution in [3.8, 4) is 0 Å². The van der Waals surface area contributed by atoms with Crippen molar-refractivity contribution in [2.24, 2.45) is 4.99 Å². The first-order valence-corrected chi connectivity index (χ1v) is 5.44. The van der Waals surface area contributed by atoms with Crippen molar-refractivity contribution in [3.05, 3.63) is 65.7 Å². The molecular weight excluding hydrogens is 212 g/mol. The third kappa shape index (κ3) is 3.16. The molecule has 86 valence electrons. The molecule has 2 aromatic rings. The normalized spacial score (nSPS) is 10.6. The van der Waals surface area contributed by atoms with Gasteiger partial charge in [0.15, 0.2) is 0 Å². The molecule has 17 heavy (non-hydrogen) atoms. The van der Waals surface area contributed by atoms with Gasteiger partial charge < -0.3 is 0 Å². The van der Waals surface area contributed by atoms with Crippen molar-refractivity contribution in [3.63, 3.8) is 0 Å². The topological polar surface area (TPSA) is 44.6 Å². The average Bonchev–Trinajstić information content (AvgIpc) is 2.39. The lowest BCUT2D eigenvalue weighted by molar-refractivity contribution is 0.240. The Bertz CT molecular complexity index is 495. The first kappa shape index (κ1) is 11.4. The second kappa shape index (κ2) is 5.82. The van der Waals surface area contributed by atoms with Gasteiger partial charge in [-0.1, -0.05) is 48.5 Å². The largest absolute Gasteiger partial charge is 0.290 e. The molecular formula is C14H14N2O. The van der Waals surface area contributed by atoms with Gasteiger partial charge in [-0.2, -0.15) is 0 Å². The van der Waals surface area contributed by atoms with Gasteiger partial charge in [-0.3, -0.25) is 10.7 Å². The number of hydrogen-bond donors (Lipinski definition) is 2. The van der Waals surface area contributed by atoms with Crippen LogP contribution in [0.3, 0.4) is 0 Å². The van der Waals surface area contributed by atoms with E-state index in [0.717, 1.165) is 17.7 Å². The molecule has 2 rings (SSSR count). The van der Waals surface area contributed by atoms with Crippen LogP contribution < -0.4 is 5.48 Å². The van der Waals surface area contributed by atoms with Gasteiger partial charge in [-0.05, 0) is 23.6 Å².